The number of H-pyrrole nitrogens is 1. The molecule has 1 amide bonds. The summed E-state index contributed by atoms with van der Waals surface area (Å²) >= 11 is 0. The number of hydrogen-bond donors (Lipinski definition) is 3. The van der Waals surface area contributed by atoms with E-state index in [9.17, 15) is 4.79 Å². The number of nitrogens with zero attached hydrogens (tertiary/aromatic N) is 2. The lowest BCUT2D eigenvalue weighted by Gasteiger charge is -2.05. The standard InChI is InChI=1S/C12H14N4O3/c17-7-11-14-10(15-16-11)6-13-12(18)19-8-9-4-2-1-3-5-9/h1-5,17H,6-8H2,(H,13,18)(H,14,15,16). The van der Waals surface area contributed by atoms with Gasteiger partial charge in [0.15, 0.2) is 5.82 Å². The van der Waals surface area contributed by atoms with Crippen LogP contribution < -0.4 is 5.32 Å². The minimum atomic E-state index is -0.536. The zero-order valence-electron chi connectivity index (χ0n) is 10.2. The molecule has 0 aliphatic carbocycles. The van der Waals surface area contributed by atoms with Crippen LogP contribution in [-0.2, 0) is 24.5 Å². The summed E-state index contributed by atoms with van der Waals surface area (Å²) in [6, 6.07) is 9.39. The molecule has 1 aromatic carbocycles. The number of alkyl carbamates (subject to hydrolysis) is 1. The van der Waals surface area contributed by atoms with Crippen LogP contribution >= 0.6 is 0 Å². The summed E-state index contributed by atoms with van der Waals surface area (Å²) < 4.78 is 5.02. The quantitative estimate of drug-likeness (QED) is 0.737. The average Bonchev–Trinajstić information content (AvgIpc) is 2.92. The molecule has 0 saturated heterocycles. The SMILES string of the molecule is O=C(NCc1nc(CO)n[nH]1)OCc1ccccc1. The van der Waals surface area contributed by atoms with E-state index in [0.717, 1.165) is 5.56 Å². The van der Waals surface area contributed by atoms with Gasteiger partial charge in [-0.05, 0) is 5.56 Å². The van der Waals surface area contributed by atoms with Crippen molar-refractivity contribution in [2.24, 2.45) is 0 Å². The molecule has 1 aromatic heterocycles. The Labute approximate surface area is 109 Å². The fourth-order valence-corrected chi connectivity index (χ4v) is 1.41. The molecule has 0 unspecified atom stereocenters. The van der Waals surface area contributed by atoms with Gasteiger partial charge in [-0.3, -0.25) is 5.10 Å². The monoisotopic (exact) mass is 262 g/mol. The second kappa shape index (κ2) is 6.50. The predicted molar refractivity (Wildman–Crippen MR) is 65.8 cm³/mol. The predicted octanol–water partition coefficient (Wildman–Crippen LogP) is 0.723. The highest BCUT2D eigenvalue weighted by atomic mass is 16.5. The lowest BCUT2D eigenvalue weighted by molar-refractivity contribution is 0.139. The van der Waals surface area contributed by atoms with Crippen LogP contribution in [-0.4, -0.2) is 26.4 Å². The van der Waals surface area contributed by atoms with E-state index in [-0.39, 0.29) is 25.6 Å². The third kappa shape index (κ3) is 4.07. The number of benzene rings is 1. The topological polar surface area (TPSA) is 100 Å². The van der Waals surface area contributed by atoms with E-state index in [4.69, 9.17) is 9.84 Å². The molecule has 0 atom stereocenters. The van der Waals surface area contributed by atoms with Crippen molar-refractivity contribution >= 4 is 6.09 Å². The first-order valence-corrected chi connectivity index (χ1v) is 5.73. The molecule has 0 radical (unpaired) electrons. The fraction of sp³-hybridized carbons (Fsp3) is 0.250. The number of aromatic amines is 1. The molecule has 0 aliphatic heterocycles. The van der Waals surface area contributed by atoms with Crippen LogP contribution in [0.25, 0.3) is 0 Å². The maximum Gasteiger partial charge on any atom is 0.407 e. The highest BCUT2D eigenvalue weighted by Gasteiger charge is 2.05. The molecule has 1 heterocycles. The van der Waals surface area contributed by atoms with E-state index in [2.05, 4.69) is 20.5 Å². The van der Waals surface area contributed by atoms with Crippen LogP contribution in [0.1, 0.15) is 17.2 Å². The van der Waals surface area contributed by atoms with Gasteiger partial charge in [0.2, 0.25) is 0 Å². The number of amides is 1. The molecule has 7 nitrogen and oxygen atoms in total. The third-order valence-electron chi connectivity index (χ3n) is 2.33. The first kappa shape index (κ1) is 13.0. The summed E-state index contributed by atoms with van der Waals surface area (Å²) in [5.74, 6) is 0.746. The number of aliphatic hydroxyl groups excluding tert-OH is 1. The number of rotatable bonds is 5. The molecule has 0 spiro atoms. The molecule has 100 valence electrons. The Hall–Kier alpha value is -2.41. The largest absolute Gasteiger partial charge is 0.445 e. The lowest BCUT2D eigenvalue weighted by Crippen LogP contribution is -2.24. The van der Waals surface area contributed by atoms with Crippen molar-refractivity contribution in [2.45, 2.75) is 19.8 Å². The highest BCUT2D eigenvalue weighted by Crippen LogP contribution is 2.00. The molecule has 2 aromatic rings. The second-order valence-electron chi connectivity index (χ2n) is 3.77. The smallest absolute Gasteiger partial charge is 0.407 e. The van der Waals surface area contributed by atoms with Crippen molar-refractivity contribution in [3.8, 4) is 0 Å². The van der Waals surface area contributed by atoms with Crippen molar-refractivity contribution < 1.29 is 14.6 Å². The van der Waals surface area contributed by atoms with Gasteiger partial charge in [-0.25, -0.2) is 9.78 Å². The number of nitrogens with one attached hydrogen (secondary N) is 2. The number of aromatic nitrogens is 3. The van der Waals surface area contributed by atoms with Gasteiger partial charge in [0.25, 0.3) is 0 Å². The first-order valence-electron chi connectivity index (χ1n) is 5.73. The van der Waals surface area contributed by atoms with Gasteiger partial charge in [-0.2, -0.15) is 5.10 Å². The Morgan fingerprint density at radius 2 is 2.16 bits per heavy atom. The van der Waals surface area contributed by atoms with Crippen LogP contribution in [0.2, 0.25) is 0 Å². The molecule has 0 saturated carbocycles. The zero-order chi connectivity index (χ0) is 13.5. The van der Waals surface area contributed by atoms with E-state index >= 15 is 0 Å². The van der Waals surface area contributed by atoms with Gasteiger partial charge in [-0.15, -0.1) is 0 Å². The van der Waals surface area contributed by atoms with E-state index < -0.39 is 6.09 Å². The summed E-state index contributed by atoms with van der Waals surface area (Å²) in [7, 11) is 0. The molecule has 0 bridgehead atoms. The Morgan fingerprint density at radius 3 is 2.84 bits per heavy atom. The molecule has 2 rings (SSSR count). The number of hydrogen-bond acceptors (Lipinski definition) is 5. The lowest BCUT2D eigenvalue weighted by atomic mass is 10.2. The summed E-state index contributed by atoms with van der Waals surface area (Å²) in [5.41, 5.74) is 0.917. The molecule has 7 heteroatoms. The molecular weight excluding hydrogens is 248 g/mol. The normalized spacial score (nSPS) is 10.2. The number of ether oxygens (including phenoxy) is 1. The van der Waals surface area contributed by atoms with Crippen LogP contribution in [0.4, 0.5) is 4.79 Å². The van der Waals surface area contributed by atoms with Crippen molar-refractivity contribution in [1.29, 1.82) is 0 Å². The minimum absolute atomic E-state index is 0.167. The molecule has 3 N–H and O–H groups in total. The average molecular weight is 262 g/mol. The van der Waals surface area contributed by atoms with E-state index in [1.54, 1.807) is 0 Å². The second-order valence-corrected chi connectivity index (χ2v) is 3.77. The molecule has 0 aliphatic rings. The maximum atomic E-state index is 11.4. The van der Waals surface area contributed by atoms with Gasteiger partial charge in [0, 0.05) is 0 Å². The number of carbonyl (C=O) groups is 1. The van der Waals surface area contributed by atoms with Gasteiger partial charge in [-0.1, -0.05) is 30.3 Å². The first-order chi connectivity index (χ1) is 9.28. The zero-order valence-corrected chi connectivity index (χ0v) is 10.2. The summed E-state index contributed by atoms with van der Waals surface area (Å²) in [4.78, 5) is 15.4. The third-order valence-corrected chi connectivity index (χ3v) is 2.33. The Morgan fingerprint density at radius 1 is 1.37 bits per heavy atom. The molecular formula is C12H14N4O3. The Balaban J connectivity index is 1.73. The van der Waals surface area contributed by atoms with Gasteiger partial charge in [0.05, 0.1) is 6.54 Å². The number of carbonyl (C=O) groups excluding carboxylic acids is 1. The van der Waals surface area contributed by atoms with Gasteiger partial charge >= 0.3 is 6.09 Å². The molecule has 19 heavy (non-hydrogen) atoms. The summed E-state index contributed by atoms with van der Waals surface area (Å²) in [5, 5.41) is 17.6. The van der Waals surface area contributed by atoms with Crippen molar-refractivity contribution in [1.82, 2.24) is 20.5 Å². The van der Waals surface area contributed by atoms with E-state index in [1.807, 2.05) is 30.3 Å². The van der Waals surface area contributed by atoms with E-state index in [0.29, 0.717) is 5.82 Å². The van der Waals surface area contributed by atoms with E-state index in [1.165, 1.54) is 0 Å². The number of aliphatic hydroxyl groups is 1. The van der Waals surface area contributed by atoms with Gasteiger partial charge < -0.3 is 15.2 Å². The molecule has 0 fully saturated rings. The summed E-state index contributed by atoms with van der Waals surface area (Å²) in [6.07, 6.45) is -0.536. The minimum Gasteiger partial charge on any atom is -0.445 e. The maximum absolute atomic E-state index is 11.4. The van der Waals surface area contributed by atoms with Crippen LogP contribution in [0.3, 0.4) is 0 Å². The van der Waals surface area contributed by atoms with Crippen LogP contribution in [0, 0.1) is 0 Å². The van der Waals surface area contributed by atoms with Crippen molar-refractivity contribution in [2.75, 3.05) is 0 Å². The van der Waals surface area contributed by atoms with Gasteiger partial charge in [0.1, 0.15) is 19.0 Å². The van der Waals surface area contributed by atoms with Crippen molar-refractivity contribution in [3.63, 3.8) is 0 Å². The van der Waals surface area contributed by atoms with Crippen LogP contribution in [0.5, 0.6) is 0 Å². The summed E-state index contributed by atoms with van der Waals surface area (Å²) in [6.45, 7) is 0.139. The Bertz CT molecular complexity index is 527. The highest BCUT2D eigenvalue weighted by molar-refractivity contribution is 5.67. The fourth-order valence-electron chi connectivity index (χ4n) is 1.41. The van der Waals surface area contributed by atoms with Crippen LogP contribution in [0.15, 0.2) is 30.3 Å². The Kier molecular flexibility index (Phi) is 4.46. The van der Waals surface area contributed by atoms with Crippen molar-refractivity contribution in [3.05, 3.63) is 47.5 Å².